The minimum Gasteiger partial charge on any atom is -0.388 e. The number of aliphatic hydroxyl groups excluding tert-OH is 1. The van der Waals surface area contributed by atoms with E-state index in [1.165, 1.54) is 39.7 Å². The number of aliphatic hydroxyl groups is 1. The molecule has 7 nitrogen and oxygen atoms in total. The molecule has 1 N–H and O–H groups in total. The van der Waals surface area contributed by atoms with E-state index in [1.54, 1.807) is 26.1 Å². The third-order valence-corrected chi connectivity index (χ3v) is 5.72. The maximum absolute atomic E-state index is 15.2. The zero-order valence-corrected chi connectivity index (χ0v) is 19.8. The number of pyridine rings is 1. The average Bonchev–Trinajstić information content (AvgIpc) is 2.80. The van der Waals surface area contributed by atoms with Crippen LogP contribution in [0.15, 0.2) is 46.4 Å². The lowest BCUT2D eigenvalue weighted by Crippen LogP contribution is -2.34. The second-order valence-corrected chi connectivity index (χ2v) is 8.28. The minimum atomic E-state index is -0.703. The summed E-state index contributed by atoms with van der Waals surface area (Å²) in [6.07, 6.45) is 2.19. The van der Waals surface area contributed by atoms with E-state index in [4.69, 9.17) is 0 Å². The Hall–Kier alpha value is -3.59. The van der Waals surface area contributed by atoms with E-state index >= 15 is 4.39 Å². The van der Waals surface area contributed by atoms with E-state index in [2.05, 4.69) is 5.10 Å². The lowest BCUT2D eigenvalue weighted by molar-refractivity contribution is -0.114. The van der Waals surface area contributed by atoms with E-state index in [0.717, 1.165) is 11.6 Å². The highest BCUT2D eigenvalue weighted by Gasteiger charge is 2.19. The second kappa shape index (κ2) is 10.1. The van der Waals surface area contributed by atoms with Crippen molar-refractivity contribution < 1.29 is 18.7 Å². The molecule has 1 heterocycles. The molecular formula is C25H28F2N4O3. The van der Waals surface area contributed by atoms with Gasteiger partial charge in [-0.1, -0.05) is 19.9 Å². The molecule has 0 bridgehead atoms. The third-order valence-electron chi connectivity index (χ3n) is 5.72. The van der Waals surface area contributed by atoms with Crippen LogP contribution in [0.3, 0.4) is 0 Å². The van der Waals surface area contributed by atoms with Crippen molar-refractivity contribution in [3.8, 4) is 5.69 Å². The van der Waals surface area contributed by atoms with Crippen molar-refractivity contribution in [1.29, 1.82) is 0 Å². The lowest BCUT2D eigenvalue weighted by atomic mass is 9.97. The smallest absolute Gasteiger partial charge is 0.263 e. The Morgan fingerprint density at radius 3 is 2.50 bits per heavy atom. The Bertz CT molecular complexity index is 1320. The molecule has 1 aromatic heterocycles. The molecule has 0 aliphatic heterocycles. The van der Waals surface area contributed by atoms with Crippen molar-refractivity contribution in [3.63, 3.8) is 0 Å². The predicted octanol–water partition coefficient (Wildman–Crippen LogP) is 3.92. The number of rotatable bonds is 7. The molecule has 34 heavy (non-hydrogen) atoms. The fraction of sp³-hybridized carbons (Fsp3) is 0.320. The number of hydrazone groups is 1. The highest BCUT2D eigenvalue weighted by atomic mass is 19.1. The van der Waals surface area contributed by atoms with Gasteiger partial charge in [0.15, 0.2) is 5.84 Å². The van der Waals surface area contributed by atoms with Crippen LogP contribution in [0.4, 0.5) is 14.5 Å². The van der Waals surface area contributed by atoms with Crippen molar-refractivity contribution in [1.82, 2.24) is 9.47 Å². The zero-order chi connectivity index (χ0) is 25.2. The van der Waals surface area contributed by atoms with E-state index in [9.17, 15) is 19.1 Å². The Morgan fingerprint density at radius 1 is 1.21 bits per heavy atom. The van der Waals surface area contributed by atoms with Crippen LogP contribution >= 0.6 is 0 Å². The Morgan fingerprint density at radius 2 is 1.91 bits per heavy atom. The average molecular weight is 471 g/mol. The van der Waals surface area contributed by atoms with Crippen molar-refractivity contribution >= 4 is 28.7 Å². The maximum atomic E-state index is 15.2. The van der Waals surface area contributed by atoms with Gasteiger partial charge in [0.05, 0.1) is 16.8 Å². The number of nitrogens with zero attached hydrogens (tertiary/aromatic N) is 4. The molecular weight excluding hydrogens is 442 g/mol. The van der Waals surface area contributed by atoms with E-state index in [1.807, 2.05) is 13.8 Å². The molecule has 0 spiro atoms. The lowest BCUT2D eigenvalue weighted by Gasteiger charge is -2.22. The van der Waals surface area contributed by atoms with Crippen LogP contribution in [-0.4, -0.2) is 47.0 Å². The number of hydrogen-bond donors (Lipinski definition) is 1. The largest absolute Gasteiger partial charge is 0.388 e. The number of amidine groups is 1. The van der Waals surface area contributed by atoms with Crippen molar-refractivity contribution in [2.75, 3.05) is 25.2 Å². The summed E-state index contributed by atoms with van der Waals surface area (Å²) in [7, 11) is 1.49. The number of anilines is 1. The first kappa shape index (κ1) is 25.0. The summed E-state index contributed by atoms with van der Waals surface area (Å²) in [6, 6.07) is 6.86. The van der Waals surface area contributed by atoms with Crippen molar-refractivity contribution in [3.05, 3.63) is 69.6 Å². The van der Waals surface area contributed by atoms with Crippen molar-refractivity contribution in [2.24, 2.45) is 5.10 Å². The highest BCUT2D eigenvalue weighted by molar-refractivity contribution is 5.93. The van der Waals surface area contributed by atoms with Crippen LogP contribution in [0.5, 0.6) is 0 Å². The first-order chi connectivity index (χ1) is 16.1. The second-order valence-electron chi connectivity index (χ2n) is 8.28. The number of aromatic nitrogens is 1. The molecule has 0 saturated carbocycles. The fourth-order valence-electron chi connectivity index (χ4n) is 3.83. The number of halogens is 2. The minimum absolute atomic E-state index is 0.0333. The topological polar surface area (TPSA) is 78.1 Å². The van der Waals surface area contributed by atoms with Gasteiger partial charge in [0.2, 0.25) is 6.41 Å². The molecule has 0 fully saturated rings. The van der Waals surface area contributed by atoms with Gasteiger partial charge in [-0.05, 0) is 60.5 Å². The summed E-state index contributed by atoms with van der Waals surface area (Å²) in [5.41, 5.74) is 1.46. The molecule has 0 saturated heterocycles. The molecule has 0 radical (unpaired) electrons. The molecule has 0 unspecified atom stereocenters. The number of likely N-dealkylation sites (N-methyl/N-ethyl adjacent to an activating group) is 1. The number of amides is 1. The van der Waals surface area contributed by atoms with Gasteiger partial charge >= 0.3 is 0 Å². The summed E-state index contributed by atoms with van der Waals surface area (Å²) in [5.74, 6) is -1.16. The molecule has 3 rings (SSSR count). The first-order valence-corrected chi connectivity index (χ1v) is 10.9. The highest BCUT2D eigenvalue weighted by Crippen LogP contribution is 2.31. The van der Waals surface area contributed by atoms with Gasteiger partial charge in [-0.2, -0.15) is 5.10 Å². The molecule has 180 valence electrons. The summed E-state index contributed by atoms with van der Waals surface area (Å²) in [4.78, 5) is 25.8. The number of fused-ring (bicyclic) bond motifs is 1. The summed E-state index contributed by atoms with van der Waals surface area (Å²) >= 11 is 0. The van der Waals surface area contributed by atoms with Gasteiger partial charge in [-0.25, -0.2) is 8.78 Å². The Balaban J connectivity index is 2.26. The molecule has 9 heteroatoms. The molecule has 0 aliphatic rings. The van der Waals surface area contributed by atoms with Gasteiger partial charge < -0.3 is 5.11 Å². The van der Waals surface area contributed by atoms with Gasteiger partial charge in [-0.15, -0.1) is 0 Å². The Kier molecular flexibility index (Phi) is 7.46. The summed E-state index contributed by atoms with van der Waals surface area (Å²) in [6.45, 7) is 7.15. The number of benzene rings is 2. The number of aryl methyl sites for hydroxylation is 1. The van der Waals surface area contributed by atoms with Gasteiger partial charge in [0, 0.05) is 19.8 Å². The quantitative estimate of drug-likeness (QED) is 0.246. The molecule has 0 atom stereocenters. The molecule has 3 aromatic rings. The van der Waals surface area contributed by atoms with Crippen LogP contribution < -0.4 is 10.6 Å². The predicted molar refractivity (Wildman–Crippen MR) is 130 cm³/mol. The standard InChI is InChI=1S/C25H28F2N4O3/c1-6-30(14-33)24(13-32)28-29(5)23-11-18-19(10-21(23)27)25(34)31(12-20(18)15(2)3)22-9-17(26)8-7-16(22)4/h7-12,14-15,32H,6,13H2,1-5H3/b28-24-. The molecule has 0 aliphatic carbocycles. The van der Waals surface area contributed by atoms with Gasteiger partial charge in [0.25, 0.3) is 5.56 Å². The van der Waals surface area contributed by atoms with E-state index in [-0.39, 0.29) is 29.4 Å². The maximum Gasteiger partial charge on any atom is 0.263 e. The van der Waals surface area contributed by atoms with Crippen LogP contribution in [0.25, 0.3) is 16.5 Å². The Labute approximate surface area is 196 Å². The number of carbonyl (C=O) groups excluding carboxylic acids is 1. The SMILES string of the molecule is CCN(C=O)/C(CO)=N\N(C)c1cc2c(C(C)C)cn(-c3cc(F)ccc3C)c(=O)c2cc1F. The zero-order valence-electron chi connectivity index (χ0n) is 19.8. The molecule has 1 amide bonds. The normalized spacial score (nSPS) is 11.9. The van der Waals surface area contributed by atoms with E-state index < -0.39 is 23.8 Å². The van der Waals surface area contributed by atoms with Crippen LogP contribution in [0, 0.1) is 18.6 Å². The number of carbonyl (C=O) groups is 1. The van der Waals surface area contributed by atoms with Gasteiger partial charge in [0.1, 0.15) is 18.2 Å². The van der Waals surface area contributed by atoms with Crippen molar-refractivity contribution in [2.45, 2.75) is 33.6 Å². The summed E-state index contributed by atoms with van der Waals surface area (Å²) < 4.78 is 30.5. The third kappa shape index (κ3) is 4.70. The molecule has 2 aromatic carbocycles. The first-order valence-electron chi connectivity index (χ1n) is 10.9. The van der Waals surface area contributed by atoms with E-state index in [0.29, 0.717) is 23.0 Å². The van der Waals surface area contributed by atoms with Crippen LogP contribution in [0.1, 0.15) is 37.8 Å². The van der Waals surface area contributed by atoms with Crippen LogP contribution in [0.2, 0.25) is 0 Å². The summed E-state index contributed by atoms with van der Waals surface area (Å²) in [5, 5.41) is 15.7. The number of hydrogen-bond acceptors (Lipinski definition) is 5. The fourth-order valence-corrected chi connectivity index (χ4v) is 3.83. The van der Waals surface area contributed by atoms with Gasteiger partial charge in [-0.3, -0.25) is 24.1 Å². The monoisotopic (exact) mass is 470 g/mol. The van der Waals surface area contributed by atoms with Crippen LogP contribution in [-0.2, 0) is 4.79 Å².